The van der Waals surface area contributed by atoms with Crippen LogP contribution in [0.5, 0.6) is 0 Å². The third kappa shape index (κ3) is 4.76. The molecule has 1 saturated carbocycles. The van der Waals surface area contributed by atoms with Gasteiger partial charge in [0.1, 0.15) is 0 Å². The van der Waals surface area contributed by atoms with Crippen molar-refractivity contribution in [3.63, 3.8) is 0 Å². The number of carbonyl (C=O) groups excluding carboxylic acids is 1. The second-order valence-corrected chi connectivity index (χ2v) is 9.12. The summed E-state index contributed by atoms with van der Waals surface area (Å²) in [5.74, 6) is -0.0711. The van der Waals surface area contributed by atoms with E-state index in [0.29, 0.717) is 12.3 Å². The van der Waals surface area contributed by atoms with Gasteiger partial charge in [-0.1, -0.05) is 18.0 Å². The van der Waals surface area contributed by atoms with E-state index in [4.69, 9.17) is 16.7 Å². The highest BCUT2D eigenvalue weighted by molar-refractivity contribution is 6.31. The number of pyridine rings is 1. The van der Waals surface area contributed by atoms with Gasteiger partial charge >= 0.3 is 6.18 Å². The summed E-state index contributed by atoms with van der Waals surface area (Å²) in [5, 5.41) is 7.54. The Hall–Kier alpha value is -2.87. The number of amides is 1. The van der Waals surface area contributed by atoms with Gasteiger partial charge in [-0.2, -0.15) is 18.3 Å². The molecule has 0 saturated heterocycles. The lowest BCUT2D eigenvalue weighted by atomic mass is 10.0. The summed E-state index contributed by atoms with van der Waals surface area (Å²) in [6.45, 7) is 0. The number of benzene rings is 1. The van der Waals surface area contributed by atoms with E-state index in [0.717, 1.165) is 66.9 Å². The number of aromatic nitrogens is 3. The molecule has 0 spiro atoms. The molecule has 1 amide bonds. The SMILES string of the molecule is O=C(N[C@H]1CCCCc2nn(-c3ccnc(C4CC4)c3)cc21)c1cc(Cl)cc(C(F)(F)F)c1. The zero-order valence-electron chi connectivity index (χ0n) is 17.7. The number of nitrogens with zero attached hydrogens (tertiary/aromatic N) is 3. The Morgan fingerprint density at radius 2 is 1.94 bits per heavy atom. The first-order valence-corrected chi connectivity index (χ1v) is 11.4. The molecule has 5 rings (SSSR count). The van der Waals surface area contributed by atoms with Crippen LogP contribution in [0.25, 0.3) is 5.69 Å². The van der Waals surface area contributed by atoms with Gasteiger partial charge in [0, 0.05) is 40.2 Å². The number of hydrogen-bond acceptors (Lipinski definition) is 3. The predicted octanol–water partition coefficient (Wildman–Crippen LogP) is 6.01. The Balaban J connectivity index is 1.42. The molecular weight excluding hydrogens is 453 g/mol. The normalized spacial score (nSPS) is 18.5. The van der Waals surface area contributed by atoms with Gasteiger partial charge in [-0.05, 0) is 62.4 Å². The molecule has 0 radical (unpaired) electrons. The van der Waals surface area contributed by atoms with Crippen LogP contribution in [0.4, 0.5) is 13.2 Å². The minimum Gasteiger partial charge on any atom is -0.345 e. The maximum atomic E-state index is 13.2. The fourth-order valence-corrected chi connectivity index (χ4v) is 4.53. The Kier molecular flexibility index (Phi) is 5.64. The zero-order chi connectivity index (χ0) is 23.2. The molecule has 2 aliphatic rings. The smallest absolute Gasteiger partial charge is 0.345 e. The molecule has 1 N–H and O–H groups in total. The Morgan fingerprint density at radius 1 is 1.12 bits per heavy atom. The van der Waals surface area contributed by atoms with Crippen LogP contribution >= 0.6 is 11.6 Å². The van der Waals surface area contributed by atoms with Gasteiger partial charge in [0.15, 0.2) is 0 Å². The molecule has 2 aliphatic carbocycles. The van der Waals surface area contributed by atoms with Crippen molar-refractivity contribution in [2.75, 3.05) is 0 Å². The maximum absolute atomic E-state index is 13.2. The largest absolute Gasteiger partial charge is 0.416 e. The molecule has 5 nitrogen and oxygen atoms in total. The molecular formula is C24H22ClF3N4O. The molecule has 172 valence electrons. The molecule has 2 aromatic heterocycles. The number of aryl methyl sites for hydroxylation is 1. The van der Waals surface area contributed by atoms with Gasteiger partial charge < -0.3 is 5.32 Å². The summed E-state index contributed by atoms with van der Waals surface area (Å²) in [4.78, 5) is 17.4. The molecule has 33 heavy (non-hydrogen) atoms. The van der Waals surface area contributed by atoms with Crippen LogP contribution in [-0.4, -0.2) is 20.7 Å². The second-order valence-electron chi connectivity index (χ2n) is 8.69. The second kappa shape index (κ2) is 8.48. The molecule has 2 heterocycles. The first-order chi connectivity index (χ1) is 15.8. The Labute approximate surface area is 194 Å². The zero-order valence-corrected chi connectivity index (χ0v) is 18.5. The van der Waals surface area contributed by atoms with Crippen molar-refractivity contribution < 1.29 is 18.0 Å². The van der Waals surface area contributed by atoms with Crippen molar-refractivity contribution in [2.45, 2.75) is 56.7 Å². The van der Waals surface area contributed by atoms with Crippen molar-refractivity contribution in [3.05, 3.63) is 75.8 Å². The van der Waals surface area contributed by atoms with E-state index in [2.05, 4.69) is 10.3 Å². The Bertz CT molecular complexity index is 1200. The van der Waals surface area contributed by atoms with Crippen molar-refractivity contribution in [3.8, 4) is 5.69 Å². The summed E-state index contributed by atoms with van der Waals surface area (Å²) >= 11 is 5.86. The number of rotatable bonds is 4. The van der Waals surface area contributed by atoms with Crippen molar-refractivity contribution in [1.82, 2.24) is 20.1 Å². The van der Waals surface area contributed by atoms with E-state index in [1.54, 1.807) is 6.20 Å². The highest BCUT2D eigenvalue weighted by Crippen LogP contribution is 2.39. The highest BCUT2D eigenvalue weighted by atomic mass is 35.5. The topological polar surface area (TPSA) is 59.8 Å². The molecule has 0 unspecified atom stereocenters. The molecule has 1 atom stereocenters. The third-order valence-corrected chi connectivity index (χ3v) is 6.39. The monoisotopic (exact) mass is 474 g/mol. The third-order valence-electron chi connectivity index (χ3n) is 6.17. The van der Waals surface area contributed by atoms with E-state index < -0.39 is 17.6 Å². The van der Waals surface area contributed by atoms with E-state index in [9.17, 15) is 18.0 Å². The van der Waals surface area contributed by atoms with E-state index in [1.807, 2.05) is 23.0 Å². The van der Waals surface area contributed by atoms with Crippen LogP contribution in [0.15, 0.2) is 42.7 Å². The Morgan fingerprint density at radius 3 is 2.70 bits per heavy atom. The summed E-state index contributed by atoms with van der Waals surface area (Å²) in [5.41, 5.74) is 2.70. The van der Waals surface area contributed by atoms with Gasteiger partial charge in [0.25, 0.3) is 5.91 Å². The molecule has 9 heteroatoms. The fourth-order valence-electron chi connectivity index (χ4n) is 4.29. The number of halogens is 4. The predicted molar refractivity (Wildman–Crippen MR) is 118 cm³/mol. The maximum Gasteiger partial charge on any atom is 0.416 e. The number of hydrogen-bond donors (Lipinski definition) is 1. The van der Waals surface area contributed by atoms with E-state index in [-0.39, 0.29) is 16.6 Å². The van der Waals surface area contributed by atoms with Crippen LogP contribution in [-0.2, 0) is 12.6 Å². The summed E-state index contributed by atoms with van der Waals surface area (Å²) in [6.07, 6.45) is 4.69. The first-order valence-electron chi connectivity index (χ1n) is 11.0. The standard InChI is InChI=1S/C24H22ClF3N4O/c25-17-10-15(9-16(11-17)24(26,27)28)23(33)30-20-3-1-2-4-21-19(20)13-32(31-21)18-7-8-29-22(12-18)14-5-6-14/h7-14,20H,1-6H2,(H,30,33)/t20-/m0/s1. The van der Waals surface area contributed by atoms with Crippen molar-refractivity contribution >= 4 is 17.5 Å². The number of nitrogens with one attached hydrogen (secondary N) is 1. The van der Waals surface area contributed by atoms with Gasteiger partial charge in [-0.15, -0.1) is 0 Å². The molecule has 1 fully saturated rings. The van der Waals surface area contributed by atoms with Gasteiger partial charge in [0.05, 0.1) is 23.0 Å². The molecule has 0 bridgehead atoms. The molecule has 0 aliphatic heterocycles. The first kappa shape index (κ1) is 21.9. The van der Waals surface area contributed by atoms with Crippen LogP contribution in [0, 0.1) is 0 Å². The van der Waals surface area contributed by atoms with Crippen LogP contribution < -0.4 is 5.32 Å². The minimum absolute atomic E-state index is 0.115. The number of fused-ring (bicyclic) bond motifs is 1. The van der Waals surface area contributed by atoms with Gasteiger partial charge in [-0.25, -0.2) is 4.68 Å². The lowest BCUT2D eigenvalue weighted by Crippen LogP contribution is -2.28. The number of carbonyl (C=O) groups is 1. The fraction of sp³-hybridized carbons (Fsp3) is 0.375. The van der Waals surface area contributed by atoms with Crippen molar-refractivity contribution in [1.29, 1.82) is 0 Å². The van der Waals surface area contributed by atoms with Crippen LogP contribution in [0.2, 0.25) is 5.02 Å². The van der Waals surface area contributed by atoms with Crippen LogP contribution in [0.3, 0.4) is 0 Å². The minimum atomic E-state index is -4.58. The molecule has 3 aromatic rings. The average molecular weight is 475 g/mol. The summed E-state index contributed by atoms with van der Waals surface area (Å²) in [7, 11) is 0. The summed E-state index contributed by atoms with van der Waals surface area (Å²) in [6, 6.07) is 6.50. The number of alkyl halides is 3. The van der Waals surface area contributed by atoms with Gasteiger partial charge in [-0.3, -0.25) is 9.78 Å². The van der Waals surface area contributed by atoms with Crippen LogP contribution in [0.1, 0.15) is 76.9 Å². The summed E-state index contributed by atoms with van der Waals surface area (Å²) < 4.78 is 41.3. The average Bonchev–Trinajstić information content (AvgIpc) is 3.57. The molecule has 1 aromatic carbocycles. The lowest BCUT2D eigenvalue weighted by molar-refractivity contribution is -0.137. The van der Waals surface area contributed by atoms with Gasteiger partial charge in [0.2, 0.25) is 0 Å². The van der Waals surface area contributed by atoms with E-state index >= 15 is 0 Å². The lowest BCUT2D eigenvalue weighted by Gasteiger charge is -2.17. The highest BCUT2D eigenvalue weighted by Gasteiger charge is 2.32. The van der Waals surface area contributed by atoms with E-state index in [1.165, 1.54) is 6.07 Å². The van der Waals surface area contributed by atoms with Crippen molar-refractivity contribution in [2.24, 2.45) is 0 Å². The quantitative estimate of drug-likeness (QED) is 0.471.